The number of nitrogens with zero attached hydrogens (tertiary/aromatic N) is 2. The van der Waals surface area contributed by atoms with Gasteiger partial charge in [-0.25, -0.2) is 13.8 Å². The number of nitrogens with one attached hydrogen (secondary N) is 1. The highest BCUT2D eigenvalue weighted by atomic mass is 19.1. The van der Waals surface area contributed by atoms with Crippen molar-refractivity contribution in [1.29, 1.82) is 0 Å². The molecule has 0 saturated carbocycles. The number of amides is 1. The van der Waals surface area contributed by atoms with Crippen molar-refractivity contribution in [3.8, 4) is 11.3 Å². The van der Waals surface area contributed by atoms with Crippen LogP contribution < -0.4 is 5.32 Å². The highest BCUT2D eigenvalue weighted by Gasteiger charge is 2.16. The van der Waals surface area contributed by atoms with Crippen LogP contribution in [-0.2, 0) is 11.2 Å². The molecule has 0 fully saturated rings. The summed E-state index contributed by atoms with van der Waals surface area (Å²) in [6, 6.07) is 13.0. The number of aryl methyl sites for hydroxylation is 1. The zero-order valence-corrected chi connectivity index (χ0v) is 14.7. The predicted molar refractivity (Wildman–Crippen MR) is 101 cm³/mol. The number of fused-ring (bicyclic) bond motifs is 1. The van der Waals surface area contributed by atoms with E-state index in [4.69, 9.17) is 4.42 Å². The van der Waals surface area contributed by atoms with Gasteiger partial charge < -0.3 is 9.73 Å². The fourth-order valence-corrected chi connectivity index (χ4v) is 2.86. The molecule has 0 aliphatic heterocycles. The standard InChI is InChI=1S/C21H15F2N3O2/c22-15-5-3-6-16(23)21(15)18-12-25-20(28-18)9-8-19(27)26-14-10-13-4-1-2-7-17(13)24-11-14/h1-7,10-12H,8-9H2,(H,26,27). The summed E-state index contributed by atoms with van der Waals surface area (Å²) in [6.45, 7) is 0. The van der Waals surface area contributed by atoms with Crippen LogP contribution >= 0.6 is 0 Å². The van der Waals surface area contributed by atoms with Gasteiger partial charge in [0.25, 0.3) is 0 Å². The van der Waals surface area contributed by atoms with Crippen LogP contribution in [0.25, 0.3) is 22.2 Å². The van der Waals surface area contributed by atoms with Gasteiger partial charge in [-0.1, -0.05) is 24.3 Å². The van der Waals surface area contributed by atoms with Gasteiger partial charge in [0.15, 0.2) is 11.7 Å². The van der Waals surface area contributed by atoms with Gasteiger partial charge in [0.1, 0.15) is 11.6 Å². The van der Waals surface area contributed by atoms with Gasteiger partial charge in [-0.15, -0.1) is 0 Å². The summed E-state index contributed by atoms with van der Waals surface area (Å²) in [6.07, 6.45) is 3.14. The number of aromatic nitrogens is 2. The molecule has 1 amide bonds. The van der Waals surface area contributed by atoms with Crippen molar-refractivity contribution in [3.05, 3.63) is 78.4 Å². The SMILES string of the molecule is O=C(CCc1ncc(-c2c(F)cccc2F)o1)Nc1cnc2ccccc2c1. The molecule has 0 atom stereocenters. The summed E-state index contributed by atoms with van der Waals surface area (Å²) in [5.74, 6) is -1.49. The van der Waals surface area contributed by atoms with Crippen LogP contribution in [0, 0.1) is 11.6 Å². The number of halogens is 2. The van der Waals surface area contributed by atoms with Crippen LogP contribution in [0.5, 0.6) is 0 Å². The van der Waals surface area contributed by atoms with Gasteiger partial charge in [-0.2, -0.15) is 0 Å². The maximum absolute atomic E-state index is 13.8. The number of para-hydroxylation sites is 1. The number of carbonyl (C=O) groups excluding carboxylic acids is 1. The van der Waals surface area contributed by atoms with Gasteiger partial charge in [0, 0.05) is 18.2 Å². The maximum atomic E-state index is 13.8. The lowest BCUT2D eigenvalue weighted by Crippen LogP contribution is -2.12. The summed E-state index contributed by atoms with van der Waals surface area (Å²) in [7, 11) is 0. The van der Waals surface area contributed by atoms with E-state index in [0.29, 0.717) is 5.69 Å². The van der Waals surface area contributed by atoms with Crippen LogP contribution in [-0.4, -0.2) is 15.9 Å². The van der Waals surface area contributed by atoms with E-state index in [1.165, 1.54) is 12.3 Å². The Labute approximate surface area is 159 Å². The number of carbonyl (C=O) groups is 1. The second-order valence-corrected chi connectivity index (χ2v) is 6.18. The highest BCUT2D eigenvalue weighted by Crippen LogP contribution is 2.26. The second-order valence-electron chi connectivity index (χ2n) is 6.18. The summed E-state index contributed by atoms with van der Waals surface area (Å²) in [5, 5.41) is 3.69. The number of benzene rings is 2. The molecule has 2 aromatic carbocycles. The van der Waals surface area contributed by atoms with Gasteiger partial charge in [0.2, 0.25) is 5.91 Å². The minimum absolute atomic E-state index is 0.00950. The number of oxazole rings is 1. The minimum atomic E-state index is -0.732. The molecule has 4 rings (SSSR count). The largest absolute Gasteiger partial charge is 0.441 e. The lowest BCUT2D eigenvalue weighted by Gasteiger charge is -2.05. The molecule has 1 N–H and O–H groups in total. The average molecular weight is 379 g/mol. The van der Waals surface area contributed by atoms with E-state index < -0.39 is 11.6 Å². The number of anilines is 1. The summed E-state index contributed by atoms with van der Waals surface area (Å²) in [4.78, 5) is 20.5. The molecule has 0 aliphatic carbocycles. The third kappa shape index (κ3) is 3.73. The summed E-state index contributed by atoms with van der Waals surface area (Å²) < 4.78 is 33.0. The fraction of sp³-hybridized carbons (Fsp3) is 0.0952. The fourth-order valence-electron chi connectivity index (χ4n) is 2.86. The number of hydrogen-bond acceptors (Lipinski definition) is 4. The van der Waals surface area contributed by atoms with Gasteiger partial charge >= 0.3 is 0 Å². The molecule has 28 heavy (non-hydrogen) atoms. The van der Waals surface area contributed by atoms with Gasteiger partial charge in [0.05, 0.1) is 29.2 Å². The van der Waals surface area contributed by atoms with Crippen molar-refractivity contribution in [2.75, 3.05) is 5.32 Å². The van der Waals surface area contributed by atoms with Crippen molar-refractivity contribution in [3.63, 3.8) is 0 Å². The number of hydrogen-bond donors (Lipinski definition) is 1. The molecule has 0 spiro atoms. The predicted octanol–water partition coefficient (Wildman–Crippen LogP) is 4.74. The minimum Gasteiger partial charge on any atom is -0.441 e. The summed E-state index contributed by atoms with van der Waals surface area (Å²) >= 11 is 0. The lowest BCUT2D eigenvalue weighted by molar-refractivity contribution is -0.116. The van der Waals surface area contributed by atoms with Crippen molar-refractivity contribution in [2.24, 2.45) is 0 Å². The van der Waals surface area contributed by atoms with E-state index >= 15 is 0 Å². The van der Waals surface area contributed by atoms with Gasteiger partial charge in [-0.3, -0.25) is 9.78 Å². The summed E-state index contributed by atoms with van der Waals surface area (Å²) in [5.41, 5.74) is 1.16. The molecule has 0 aliphatic rings. The first kappa shape index (κ1) is 17.8. The topological polar surface area (TPSA) is 68.0 Å². The zero-order valence-electron chi connectivity index (χ0n) is 14.7. The molecule has 0 saturated heterocycles. The molecule has 4 aromatic rings. The van der Waals surface area contributed by atoms with E-state index in [1.54, 1.807) is 6.20 Å². The molecule has 0 bridgehead atoms. The highest BCUT2D eigenvalue weighted by molar-refractivity contribution is 5.93. The number of rotatable bonds is 5. The first-order valence-corrected chi connectivity index (χ1v) is 8.64. The van der Waals surface area contributed by atoms with Crippen molar-refractivity contribution in [1.82, 2.24) is 9.97 Å². The molecule has 5 nitrogen and oxygen atoms in total. The van der Waals surface area contributed by atoms with E-state index in [9.17, 15) is 13.6 Å². The molecular formula is C21H15F2N3O2. The Bertz CT molecular complexity index is 1140. The molecule has 0 radical (unpaired) electrons. The zero-order chi connectivity index (χ0) is 19.5. The van der Waals surface area contributed by atoms with Crippen LogP contribution in [0.1, 0.15) is 12.3 Å². The van der Waals surface area contributed by atoms with Crippen LogP contribution in [0.15, 0.2) is 65.3 Å². The van der Waals surface area contributed by atoms with E-state index in [2.05, 4.69) is 15.3 Å². The van der Waals surface area contributed by atoms with Crippen LogP contribution in [0.3, 0.4) is 0 Å². The Kier molecular flexibility index (Phi) is 4.80. The Morgan fingerprint density at radius 2 is 1.79 bits per heavy atom. The molecule has 140 valence electrons. The molecule has 0 unspecified atom stereocenters. The monoisotopic (exact) mass is 379 g/mol. The van der Waals surface area contributed by atoms with E-state index in [0.717, 1.165) is 23.0 Å². The molecular weight excluding hydrogens is 364 g/mol. The smallest absolute Gasteiger partial charge is 0.224 e. The average Bonchev–Trinajstić information content (AvgIpc) is 3.15. The Hall–Kier alpha value is -3.61. The van der Waals surface area contributed by atoms with Crippen molar-refractivity contribution in [2.45, 2.75) is 12.8 Å². The van der Waals surface area contributed by atoms with Crippen molar-refractivity contribution < 1.29 is 18.0 Å². The first-order chi connectivity index (χ1) is 13.6. The maximum Gasteiger partial charge on any atom is 0.224 e. The lowest BCUT2D eigenvalue weighted by atomic mass is 10.1. The van der Waals surface area contributed by atoms with Crippen LogP contribution in [0.4, 0.5) is 14.5 Å². The van der Waals surface area contributed by atoms with Crippen LogP contribution in [0.2, 0.25) is 0 Å². The Balaban J connectivity index is 1.40. The first-order valence-electron chi connectivity index (χ1n) is 8.64. The third-order valence-electron chi connectivity index (χ3n) is 4.20. The molecule has 7 heteroatoms. The van der Waals surface area contributed by atoms with Crippen molar-refractivity contribution >= 4 is 22.5 Å². The third-order valence-corrected chi connectivity index (χ3v) is 4.20. The Morgan fingerprint density at radius 1 is 1.00 bits per heavy atom. The number of pyridine rings is 1. The second kappa shape index (κ2) is 7.56. The van der Waals surface area contributed by atoms with E-state index in [-0.39, 0.29) is 36.0 Å². The molecule has 2 aromatic heterocycles. The van der Waals surface area contributed by atoms with Gasteiger partial charge in [-0.05, 0) is 24.3 Å². The van der Waals surface area contributed by atoms with E-state index in [1.807, 2.05) is 30.3 Å². The normalized spacial score (nSPS) is 10.9. The Morgan fingerprint density at radius 3 is 2.61 bits per heavy atom. The molecule has 2 heterocycles. The quantitative estimate of drug-likeness (QED) is 0.544.